The van der Waals surface area contributed by atoms with Crippen molar-refractivity contribution in [3.05, 3.63) is 40.9 Å². The Hall–Kier alpha value is -1.71. The SMILES string of the molecule is CC(=O)N[C@H]1[C@H](Oc2ccc3cc(Br)ccc3c2)O[C@H](CO)[C@@H](O)[C@H]1O. The molecule has 4 N–H and O–H groups in total. The zero-order chi connectivity index (χ0) is 18.8. The summed E-state index contributed by atoms with van der Waals surface area (Å²) in [6, 6.07) is 10.2. The lowest BCUT2D eigenvalue weighted by molar-refractivity contribution is -0.244. The fraction of sp³-hybridized carbons (Fsp3) is 0.389. The molecule has 140 valence electrons. The molecule has 0 bridgehead atoms. The molecule has 7 nitrogen and oxygen atoms in total. The van der Waals surface area contributed by atoms with Crippen LogP contribution in [0.5, 0.6) is 5.75 Å². The van der Waals surface area contributed by atoms with Crippen molar-refractivity contribution in [3.63, 3.8) is 0 Å². The predicted octanol–water partition coefficient (Wildman–Crippen LogP) is 0.925. The summed E-state index contributed by atoms with van der Waals surface area (Å²) in [4.78, 5) is 11.5. The fourth-order valence-corrected chi connectivity index (χ4v) is 3.35. The van der Waals surface area contributed by atoms with Crippen LogP contribution in [-0.4, -0.2) is 58.5 Å². The van der Waals surface area contributed by atoms with E-state index < -0.39 is 43.2 Å². The van der Waals surface area contributed by atoms with E-state index in [1.54, 1.807) is 12.1 Å². The number of aliphatic hydroxyl groups excluding tert-OH is 3. The van der Waals surface area contributed by atoms with Gasteiger partial charge < -0.3 is 30.1 Å². The molecule has 0 radical (unpaired) electrons. The second-order valence-electron chi connectivity index (χ2n) is 6.20. The van der Waals surface area contributed by atoms with Crippen molar-refractivity contribution in [1.82, 2.24) is 5.32 Å². The molecule has 3 rings (SSSR count). The van der Waals surface area contributed by atoms with Crippen LogP contribution >= 0.6 is 15.9 Å². The zero-order valence-corrected chi connectivity index (χ0v) is 15.6. The van der Waals surface area contributed by atoms with Crippen LogP contribution in [-0.2, 0) is 9.53 Å². The van der Waals surface area contributed by atoms with Gasteiger partial charge in [-0.15, -0.1) is 0 Å². The van der Waals surface area contributed by atoms with Crippen molar-refractivity contribution in [2.45, 2.75) is 37.6 Å². The van der Waals surface area contributed by atoms with Crippen molar-refractivity contribution in [2.75, 3.05) is 6.61 Å². The molecule has 1 aliphatic rings. The molecule has 1 fully saturated rings. The number of hydrogen-bond acceptors (Lipinski definition) is 6. The molecule has 1 aliphatic heterocycles. The normalized spacial score (nSPS) is 28.7. The Labute approximate surface area is 158 Å². The summed E-state index contributed by atoms with van der Waals surface area (Å²) in [7, 11) is 0. The van der Waals surface area contributed by atoms with Gasteiger partial charge in [0.25, 0.3) is 0 Å². The summed E-state index contributed by atoms with van der Waals surface area (Å²) in [6.07, 6.45) is -4.77. The Morgan fingerprint density at radius 2 is 1.88 bits per heavy atom. The average molecular weight is 426 g/mol. The number of ether oxygens (including phenoxy) is 2. The van der Waals surface area contributed by atoms with E-state index >= 15 is 0 Å². The van der Waals surface area contributed by atoms with E-state index in [1.807, 2.05) is 24.3 Å². The van der Waals surface area contributed by atoms with Crippen LogP contribution < -0.4 is 10.1 Å². The van der Waals surface area contributed by atoms with Crippen LogP contribution in [0, 0.1) is 0 Å². The van der Waals surface area contributed by atoms with E-state index in [2.05, 4.69) is 21.2 Å². The summed E-state index contributed by atoms with van der Waals surface area (Å²) in [5.74, 6) is 0.0738. The molecular formula is C18H20BrNO6. The molecule has 2 aromatic rings. The smallest absolute Gasteiger partial charge is 0.223 e. The molecule has 1 heterocycles. The van der Waals surface area contributed by atoms with Gasteiger partial charge in [-0.25, -0.2) is 0 Å². The van der Waals surface area contributed by atoms with Crippen LogP contribution in [0.25, 0.3) is 10.8 Å². The summed E-state index contributed by atoms with van der Waals surface area (Å²) in [6.45, 7) is 0.804. The third-order valence-corrected chi connectivity index (χ3v) is 4.77. The average Bonchev–Trinajstić information content (AvgIpc) is 2.61. The van der Waals surface area contributed by atoms with Gasteiger partial charge in [0, 0.05) is 11.4 Å². The number of hydrogen-bond donors (Lipinski definition) is 4. The first-order chi connectivity index (χ1) is 12.4. The molecule has 5 atom stereocenters. The Bertz CT molecular complexity index is 800. The van der Waals surface area contributed by atoms with Crippen molar-refractivity contribution in [2.24, 2.45) is 0 Å². The van der Waals surface area contributed by atoms with Crippen LogP contribution in [0.4, 0.5) is 0 Å². The maximum absolute atomic E-state index is 11.5. The summed E-state index contributed by atoms with van der Waals surface area (Å²) < 4.78 is 12.4. The first-order valence-corrected chi connectivity index (χ1v) is 8.94. The number of benzene rings is 2. The van der Waals surface area contributed by atoms with Gasteiger partial charge >= 0.3 is 0 Å². The predicted molar refractivity (Wildman–Crippen MR) is 97.6 cm³/mol. The minimum Gasteiger partial charge on any atom is -0.463 e. The van der Waals surface area contributed by atoms with E-state index in [4.69, 9.17) is 9.47 Å². The highest BCUT2D eigenvalue weighted by atomic mass is 79.9. The molecule has 1 amide bonds. The Morgan fingerprint density at radius 3 is 2.58 bits per heavy atom. The Morgan fingerprint density at radius 1 is 1.19 bits per heavy atom. The van der Waals surface area contributed by atoms with Gasteiger partial charge in [0.1, 0.15) is 30.1 Å². The number of amides is 1. The number of nitrogens with one attached hydrogen (secondary N) is 1. The van der Waals surface area contributed by atoms with E-state index in [0.29, 0.717) is 5.75 Å². The van der Waals surface area contributed by atoms with E-state index in [-0.39, 0.29) is 0 Å². The van der Waals surface area contributed by atoms with E-state index in [1.165, 1.54) is 6.92 Å². The highest BCUT2D eigenvalue weighted by molar-refractivity contribution is 9.10. The maximum atomic E-state index is 11.5. The fourth-order valence-electron chi connectivity index (χ4n) is 2.97. The molecule has 0 spiro atoms. The molecule has 0 aromatic heterocycles. The van der Waals surface area contributed by atoms with Gasteiger partial charge in [-0.1, -0.05) is 28.1 Å². The Balaban J connectivity index is 1.86. The molecule has 26 heavy (non-hydrogen) atoms. The number of halogens is 1. The number of aliphatic hydroxyl groups is 3. The van der Waals surface area contributed by atoms with Crippen molar-refractivity contribution in [3.8, 4) is 5.75 Å². The van der Waals surface area contributed by atoms with E-state index in [9.17, 15) is 20.1 Å². The van der Waals surface area contributed by atoms with Gasteiger partial charge in [-0.05, 0) is 35.0 Å². The highest BCUT2D eigenvalue weighted by Crippen LogP contribution is 2.28. The van der Waals surface area contributed by atoms with Crippen molar-refractivity contribution >= 4 is 32.6 Å². The molecule has 0 saturated carbocycles. The number of fused-ring (bicyclic) bond motifs is 1. The monoisotopic (exact) mass is 425 g/mol. The number of carbonyl (C=O) groups excluding carboxylic acids is 1. The van der Waals surface area contributed by atoms with Crippen molar-refractivity contribution < 1.29 is 29.6 Å². The first kappa shape index (κ1) is 19.1. The largest absolute Gasteiger partial charge is 0.463 e. The summed E-state index contributed by atoms with van der Waals surface area (Å²) in [5.41, 5.74) is 0. The lowest BCUT2D eigenvalue weighted by Crippen LogP contribution is -2.65. The van der Waals surface area contributed by atoms with Crippen LogP contribution in [0.3, 0.4) is 0 Å². The molecule has 2 aromatic carbocycles. The van der Waals surface area contributed by atoms with Gasteiger partial charge in [-0.2, -0.15) is 0 Å². The van der Waals surface area contributed by atoms with Crippen LogP contribution in [0.15, 0.2) is 40.9 Å². The van der Waals surface area contributed by atoms with Gasteiger partial charge in [0.2, 0.25) is 12.2 Å². The molecular weight excluding hydrogens is 406 g/mol. The zero-order valence-electron chi connectivity index (χ0n) is 14.0. The third-order valence-electron chi connectivity index (χ3n) is 4.28. The first-order valence-electron chi connectivity index (χ1n) is 8.14. The highest BCUT2D eigenvalue weighted by Gasteiger charge is 2.46. The van der Waals surface area contributed by atoms with Gasteiger partial charge in [-0.3, -0.25) is 4.79 Å². The van der Waals surface area contributed by atoms with Crippen molar-refractivity contribution in [1.29, 1.82) is 0 Å². The summed E-state index contributed by atoms with van der Waals surface area (Å²) in [5, 5.41) is 34.2. The van der Waals surface area contributed by atoms with Gasteiger partial charge in [0.15, 0.2) is 0 Å². The van der Waals surface area contributed by atoms with Crippen LogP contribution in [0.2, 0.25) is 0 Å². The second kappa shape index (κ2) is 7.89. The maximum Gasteiger partial charge on any atom is 0.223 e. The quantitative estimate of drug-likeness (QED) is 0.580. The standard InChI is InChI=1S/C18H20BrNO6/c1-9(22)20-15-17(24)16(23)14(8-21)26-18(15)25-13-5-3-10-6-12(19)4-2-11(10)7-13/h2-7,14-18,21,23-24H,8H2,1H3,(H,20,22)/t14-,15-,16-,17+,18-/m1/s1. The second-order valence-corrected chi connectivity index (χ2v) is 7.12. The third kappa shape index (κ3) is 3.99. The number of carbonyl (C=O) groups is 1. The molecule has 0 aliphatic carbocycles. The summed E-state index contributed by atoms with van der Waals surface area (Å²) >= 11 is 3.42. The minimum absolute atomic E-state index is 0.399. The topological polar surface area (TPSA) is 108 Å². The molecule has 0 unspecified atom stereocenters. The number of rotatable bonds is 4. The van der Waals surface area contributed by atoms with E-state index in [0.717, 1.165) is 15.2 Å². The lowest BCUT2D eigenvalue weighted by Gasteiger charge is -2.42. The lowest BCUT2D eigenvalue weighted by atomic mass is 9.97. The van der Waals surface area contributed by atoms with Gasteiger partial charge in [0.05, 0.1) is 6.61 Å². The molecule has 1 saturated heterocycles. The Kier molecular flexibility index (Phi) is 5.79. The van der Waals surface area contributed by atoms with Crippen LogP contribution in [0.1, 0.15) is 6.92 Å². The molecule has 8 heteroatoms. The minimum atomic E-state index is -1.34.